The summed E-state index contributed by atoms with van der Waals surface area (Å²) < 4.78 is 0. The molecule has 1 heterocycles. The molecule has 5 unspecified atom stereocenters. The molecule has 3 aliphatic rings. The van der Waals surface area contributed by atoms with E-state index in [0.29, 0.717) is 12.0 Å². The van der Waals surface area contributed by atoms with Gasteiger partial charge >= 0.3 is 0 Å². The third kappa shape index (κ3) is 3.27. The maximum Gasteiger partial charge on any atom is 0.237 e. The van der Waals surface area contributed by atoms with Gasteiger partial charge in [0.05, 0.1) is 6.04 Å². The Kier molecular flexibility index (Phi) is 4.98. The van der Waals surface area contributed by atoms with Crippen LogP contribution in [-0.2, 0) is 17.8 Å². The highest BCUT2D eigenvalue weighted by atomic mass is 35.5. The summed E-state index contributed by atoms with van der Waals surface area (Å²) in [6.45, 7) is 3.01. The molecule has 2 aliphatic carbocycles. The lowest BCUT2D eigenvalue weighted by Gasteiger charge is -2.31. The Bertz CT molecular complexity index is 576. The van der Waals surface area contributed by atoms with Crippen LogP contribution in [0.5, 0.6) is 0 Å². The van der Waals surface area contributed by atoms with Crippen LogP contribution >= 0.6 is 12.4 Å². The molecule has 0 saturated heterocycles. The second-order valence-electron chi connectivity index (χ2n) is 7.54. The normalized spacial score (nSPS) is 32.7. The average molecular weight is 335 g/mol. The van der Waals surface area contributed by atoms with Crippen molar-refractivity contribution in [1.29, 1.82) is 0 Å². The summed E-state index contributed by atoms with van der Waals surface area (Å²) in [5, 5.41) is 6.70. The van der Waals surface area contributed by atoms with Crippen molar-refractivity contribution in [2.75, 3.05) is 0 Å². The third-order valence-corrected chi connectivity index (χ3v) is 6.20. The first-order valence-electron chi connectivity index (χ1n) is 8.81. The van der Waals surface area contributed by atoms with Crippen LogP contribution < -0.4 is 10.6 Å². The Balaban J connectivity index is 0.00000156. The molecule has 0 radical (unpaired) electrons. The summed E-state index contributed by atoms with van der Waals surface area (Å²) in [7, 11) is 0. The average Bonchev–Trinajstić information content (AvgIpc) is 3.17. The molecule has 1 amide bonds. The third-order valence-electron chi connectivity index (χ3n) is 6.20. The first-order valence-corrected chi connectivity index (χ1v) is 8.81. The Morgan fingerprint density at radius 1 is 1.22 bits per heavy atom. The lowest BCUT2D eigenvalue weighted by molar-refractivity contribution is -0.124. The van der Waals surface area contributed by atoms with Gasteiger partial charge in [0.2, 0.25) is 5.91 Å². The van der Waals surface area contributed by atoms with Crippen LogP contribution in [0.25, 0.3) is 0 Å². The molecule has 2 N–H and O–H groups in total. The van der Waals surface area contributed by atoms with Crippen molar-refractivity contribution in [1.82, 2.24) is 10.6 Å². The van der Waals surface area contributed by atoms with Crippen molar-refractivity contribution in [2.45, 2.75) is 57.7 Å². The number of hydrogen-bond acceptors (Lipinski definition) is 2. The molecule has 4 heteroatoms. The monoisotopic (exact) mass is 334 g/mol. The molecule has 2 bridgehead atoms. The van der Waals surface area contributed by atoms with E-state index in [1.807, 2.05) is 0 Å². The molecule has 4 rings (SSSR count). The number of halogens is 1. The number of amides is 1. The zero-order valence-electron chi connectivity index (χ0n) is 13.8. The predicted molar refractivity (Wildman–Crippen MR) is 94.6 cm³/mol. The number of carbonyl (C=O) groups excluding carboxylic acids is 1. The zero-order chi connectivity index (χ0) is 15.1. The van der Waals surface area contributed by atoms with Gasteiger partial charge in [-0.3, -0.25) is 4.79 Å². The minimum atomic E-state index is -0.0732. The van der Waals surface area contributed by atoms with Crippen LogP contribution in [0.15, 0.2) is 24.3 Å². The van der Waals surface area contributed by atoms with Crippen molar-refractivity contribution < 1.29 is 4.79 Å². The summed E-state index contributed by atoms with van der Waals surface area (Å²) >= 11 is 0. The molecule has 1 aromatic carbocycles. The fourth-order valence-electron chi connectivity index (χ4n) is 4.98. The van der Waals surface area contributed by atoms with Gasteiger partial charge < -0.3 is 10.6 Å². The van der Waals surface area contributed by atoms with E-state index in [1.54, 1.807) is 0 Å². The van der Waals surface area contributed by atoms with Gasteiger partial charge in [-0.1, -0.05) is 30.7 Å². The first kappa shape index (κ1) is 16.8. The predicted octanol–water partition coefficient (Wildman–Crippen LogP) is 3.06. The van der Waals surface area contributed by atoms with Gasteiger partial charge in [0.15, 0.2) is 0 Å². The van der Waals surface area contributed by atoms with E-state index >= 15 is 0 Å². The molecule has 23 heavy (non-hydrogen) atoms. The quantitative estimate of drug-likeness (QED) is 0.892. The topological polar surface area (TPSA) is 41.1 Å². The minimum absolute atomic E-state index is 0. The summed E-state index contributed by atoms with van der Waals surface area (Å²) in [5.74, 6) is 2.69. The van der Waals surface area contributed by atoms with E-state index < -0.39 is 0 Å². The highest BCUT2D eigenvalue weighted by Crippen LogP contribution is 2.49. The van der Waals surface area contributed by atoms with Crippen LogP contribution in [0, 0.1) is 17.8 Å². The van der Waals surface area contributed by atoms with E-state index in [9.17, 15) is 4.79 Å². The Hall–Kier alpha value is -1.06. The van der Waals surface area contributed by atoms with Crippen LogP contribution in [0.1, 0.15) is 43.7 Å². The van der Waals surface area contributed by atoms with E-state index in [1.165, 1.54) is 36.8 Å². The van der Waals surface area contributed by atoms with Crippen LogP contribution in [0.2, 0.25) is 0 Å². The van der Waals surface area contributed by atoms with Crippen molar-refractivity contribution in [3.8, 4) is 0 Å². The van der Waals surface area contributed by atoms with E-state index in [2.05, 4.69) is 41.8 Å². The van der Waals surface area contributed by atoms with Crippen LogP contribution in [0.4, 0.5) is 0 Å². The van der Waals surface area contributed by atoms with Crippen LogP contribution in [-0.4, -0.2) is 18.0 Å². The van der Waals surface area contributed by atoms with Gasteiger partial charge in [-0.25, -0.2) is 0 Å². The number of fused-ring (bicyclic) bond motifs is 3. The molecular formula is C19H27ClN2O. The minimum Gasteiger partial charge on any atom is -0.352 e. The first-order chi connectivity index (χ1) is 10.7. The van der Waals surface area contributed by atoms with E-state index in [4.69, 9.17) is 0 Å². The summed E-state index contributed by atoms with van der Waals surface area (Å²) in [5.41, 5.74) is 2.64. The SMILES string of the molecule is CC(NC(=O)C1Cc2ccccc2CN1)C1CC2CCC1C2.Cl. The van der Waals surface area contributed by atoms with Gasteiger partial charge in [0, 0.05) is 12.6 Å². The second-order valence-corrected chi connectivity index (χ2v) is 7.54. The number of carbonyl (C=O) groups is 1. The van der Waals surface area contributed by atoms with Crippen molar-refractivity contribution in [3.63, 3.8) is 0 Å². The maximum absolute atomic E-state index is 12.6. The summed E-state index contributed by atoms with van der Waals surface area (Å²) in [6, 6.07) is 8.68. The molecule has 1 aliphatic heterocycles. The smallest absolute Gasteiger partial charge is 0.237 e. The van der Waals surface area contributed by atoms with E-state index in [0.717, 1.165) is 24.8 Å². The molecule has 5 atom stereocenters. The molecule has 126 valence electrons. The standard InChI is InChI=1S/C19H26N2O.ClH/c1-12(17-9-13-6-7-15(17)8-13)21-19(22)18-10-14-4-2-3-5-16(14)11-20-18;/h2-5,12-13,15,17-18,20H,6-11H2,1H3,(H,21,22);1H. The highest BCUT2D eigenvalue weighted by molar-refractivity contribution is 5.85. The second kappa shape index (κ2) is 6.82. The Morgan fingerprint density at radius 3 is 2.70 bits per heavy atom. The van der Waals surface area contributed by atoms with Crippen molar-refractivity contribution in [2.24, 2.45) is 17.8 Å². The Morgan fingerprint density at radius 2 is 2.00 bits per heavy atom. The lowest BCUT2D eigenvalue weighted by atomic mass is 9.84. The molecule has 0 aromatic heterocycles. The molecule has 2 saturated carbocycles. The summed E-state index contributed by atoms with van der Waals surface area (Å²) in [6.07, 6.45) is 6.34. The maximum atomic E-state index is 12.6. The number of hydrogen-bond donors (Lipinski definition) is 2. The number of benzene rings is 1. The van der Waals surface area contributed by atoms with Gasteiger partial charge in [-0.15, -0.1) is 12.4 Å². The van der Waals surface area contributed by atoms with Gasteiger partial charge in [0.1, 0.15) is 0 Å². The molecular weight excluding hydrogens is 308 g/mol. The van der Waals surface area contributed by atoms with Gasteiger partial charge in [-0.2, -0.15) is 0 Å². The fraction of sp³-hybridized carbons (Fsp3) is 0.632. The number of rotatable bonds is 3. The molecule has 2 fully saturated rings. The molecule has 3 nitrogen and oxygen atoms in total. The summed E-state index contributed by atoms with van der Waals surface area (Å²) in [4.78, 5) is 12.6. The zero-order valence-corrected chi connectivity index (χ0v) is 14.6. The van der Waals surface area contributed by atoms with Crippen LogP contribution in [0.3, 0.4) is 0 Å². The largest absolute Gasteiger partial charge is 0.352 e. The number of nitrogens with one attached hydrogen (secondary N) is 2. The lowest BCUT2D eigenvalue weighted by Crippen LogP contribution is -2.51. The van der Waals surface area contributed by atoms with E-state index in [-0.39, 0.29) is 24.4 Å². The highest BCUT2D eigenvalue weighted by Gasteiger charge is 2.42. The van der Waals surface area contributed by atoms with Crippen molar-refractivity contribution >= 4 is 18.3 Å². The Labute approximate surface area is 145 Å². The van der Waals surface area contributed by atoms with Gasteiger partial charge in [0.25, 0.3) is 0 Å². The molecule has 0 spiro atoms. The molecule has 1 aromatic rings. The van der Waals surface area contributed by atoms with Crippen molar-refractivity contribution in [3.05, 3.63) is 35.4 Å². The fourth-order valence-corrected chi connectivity index (χ4v) is 4.98. The van der Waals surface area contributed by atoms with Gasteiger partial charge in [-0.05, 0) is 61.5 Å².